The summed E-state index contributed by atoms with van der Waals surface area (Å²) < 4.78 is 0. The Kier molecular flexibility index (Phi) is 4.84. The van der Waals surface area contributed by atoms with Crippen molar-refractivity contribution in [1.29, 1.82) is 0 Å². The van der Waals surface area contributed by atoms with Crippen LogP contribution in [0.2, 0.25) is 0 Å². The second-order valence-electron chi connectivity index (χ2n) is 5.62. The van der Waals surface area contributed by atoms with Crippen molar-refractivity contribution in [3.63, 3.8) is 0 Å². The summed E-state index contributed by atoms with van der Waals surface area (Å²) in [7, 11) is 0. The first-order chi connectivity index (χ1) is 9.54. The summed E-state index contributed by atoms with van der Waals surface area (Å²) in [5, 5.41) is 3.01. The average molecular weight is 276 g/mol. The summed E-state index contributed by atoms with van der Waals surface area (Å²) in [6.07, 6.45) is 3.83. The van der Waals surface area contributed by atoms with E-state index in [1.807, 2.05) is 6.92 Å². The smallest absolute Gasteiger partial charge is 0.251 e. The van der Waals surface area contributed by atoms with Crippen LogP contribution in [0.5, 0.6) is 0 Å². The van der Waals surface area contributed by atoms with Gasteiger partial charge in [0, 0.05) is 29.5 Å². The third kappa shape index (κ3) is 4.13. The number of nitrogens with one attached hydrogen (secondary N) is 1. The molecular weight excluding hydrogens is 252 g/mol. The Morgan fingerprint density at radius 3 is 2.40 bits per heavy atom. The molecule has 0 aliphatic carbocycles. The van der Waals surface area contributed by atoms with Crippen molar-refractivity contribution in [3.05, 3.63) is 23.8 Å². The molecule has 0 aromatic heterocycles. The Bertz CT molecular complexity index is 449. The fraction of sp³-hybridized carbons (Fsp3) is 0.533. The molecule has 20 heavy (non-hydrogen) atoms. The van der Waals surface area contributed by atoms with Crippen LogP contribution in [-0.2, 0) is 0 Å². The van der Waals surface area contributed by atoms with Gasteiger partial charge in [-0.3, -0.25) is 4.79 Å². The molecule has 1 aromatic rings. The van der Waals surface area contributed by atoms with Crippen LogP contribution in [0.3, 0.4) is 0 Å². The molecule has 110 valence electrons. The van der Waals surface area contributed by atoms with Gasteiger partial charge in [-0.15, -0.1) is 0 Å². The topological polar surface area (TPSA) is 84.4 Å². The maximum Gasteiger partial charge on any atom is 0.251 e. The lowest BCUT2D eigenvalue weighted by Crippen LogP contribution is -2.43. The third-order valence-electron chi connectivity index (χ3n) is 3.60. The van der Waals surface area contributed by atoms with E-state index < -0.39 is 0 Å². The molecule has 1 saturated heterocycles. The minimum absolute atomic E-state index is 0.114. The zero-order chi connectivity index (χ0) is 14.5. The zero-order valence-corrected chi connectivity index (χ0v) is 12.1. The Morgan fingerprint density at radius 2 is 1.80 bits per heavy atom. The first-order valence-corrected chi connectivity index (χ1v) is 7.24. The predicted octanol–water partition coefficient (Wildman–Crippen LogP) is 1.46. The van der Waals surface area contributed by atoms with E-state index in [1.54, 1.807) is 18.2 Å². The van der Waals surface area contributed by atoms with E-state index in [-0.39, 0.29) is 11.9 Å². The maximum absolute atomic E-state index is 12.2. The van der Waals surface area contributed by atoms with Gasteiger partial charge in [0.05, 0.1) is 0 Å². The monoisotopic (exact) mass is 276 g/mol. The maximum atomic E-state index is 12.2. The molecule has 1 fully saturated rings. The van der Waals surface area contributed by atoms with Crippen LogP contribution >= 0.6 is 0 Å². The van der Waals surface area contributed by atoms with Gasteiger partial charge in [-0.1, -0.05) is 6.42 Å². The Morgan fingerprint density at radius 1 is 1.20 bits per heavy atom. The lowest BCUT2D eigenvalue weighted by molar-refractivity contribution is 0.0925. The summed E-state index contributed by atoms with van der Waals surface area (Å²) in [5.74, 6) is -0.117. The van der Waals surface area contributed by atoms with Gasteiger partial charge >= 0.3 is 0 Å². The van der Waals surface area contributed by atoms with Gasteiger partial charge in [0.1, 0.15) is 0 Å². The highest BCUT2D eigenvalue weighted by Crippen LogP contribution is 2.14. The van der Waals surface area contributed by atoms with Crippen molar-refractivity contribution in [1.82, 2.24) is 10.2 Å². The average Bonchev–Trinajstić information content (AvgIpc) is 2.38. The van der Waals surface area contributed by atoms with Crippen molar-refractivity contribution < 1.29 is 4.79 Å². The largest absolute Gasteiger partial charge is 0.399 e. The van der Waals surface area contributed by atoms with Crippen molar-refractivity contribution in [2.75, 3.05) is 31.1 Å². The number of rotatable bonds is 4. The number of carbonyl (C=O) groups is 1. The minimum Gasteiger partial charge on any atom is -0.399 e. The number of carbonyl (C=O) groups excluding carboxylic acids is 1. The lowest BCUT2D eigenvalue weighted by atomic mass is 10.1. The number of nitrogens with two attached hydrogens (primary N) is 2. The highest BCUT2D eigenvalue weighted by Gasteiger charge is 2.16. The molecular formula is C15H24N4O. The van der Waals surface area contributed by atoms with E-state index in [1.165, 1.54) is 19.3 Å². The van der Waals surface area contributed by atoms with Crippen molar-refractivity contribution >= 4 is 17.3 Å². The number of nitrogens with zero attached hydrogens (tertiary/aromatic N) is 1. The number of nitrogen functional groups attached to an aromatic ring is 2. The fourth-order valence-electron chi connectivity index (χ4n) is 2.69. The van der Waals surface area contributed by atoms with Crippen molar-refractivity contribution in [2.24, 2.45) is 0 Å². The third-order valence-corrected chi connectivity index (χ3v) is 3.60. The van der Waals surface area contributed by atoms with Crippen LogP contribution in [0.1, 0.15) is 36.5 Å². The molecule has 1 heterocycles. The second kappa shape index (κ2) is 6.61. The molecule has 5 heteroatoms. The van der Waals surface area contributed by atoms with Crippen molar-refractivity contribution in [2.45, 2.75) is 32.2 Å². The number of piperidine rings is 1. The number of likely N-dealkylation sites (tertiary alicyclic amines) is 1. The molecule has 2 rings (SSSR count). The van der Waals surface area contributed by atoms with Gasteiger partial charge in [0.25, 0.3) is 5.91 Å². The van der Waals surface area contributed by atoms with E-state index in [9.17, 15) is 4.79 Å². The van der Waals surface area contributed by atoms with E-state index in [2.05, 4.69) is 10.2 Å². The zero-order valence-electron chi connectivity index (χ0n) is 12.1. The molecule has 1 unspecified atom stereocenters. The van der Waals surface area contributed by atoms with E-state index in [4.69, 9.17) is 11.5 Å². The SMILES string of the molecule is CC(CN1CCCCC1)NC(=O)c1cc(N)cc(N)c1. The summed E-state index contributed by atoms with van der Waals surface area (Å²) in [6.45, 7) is 5.18. The number of anilines is 2. The number of hydrogen-bond donors (Lipinski definition) is 3. The van der Waals surface area contributed by atoms with Gasteiger partial charge < -0.3 is 21.7 Å². The first kappa shape index (κ1) is 14.7. The van der Waals surface area contributed by atoms with E-state index in [0.29, 0.717) is 16.9 Å². The summed E-state index contributed by atoms with van der Waals surface area (Å²) in [6, 6.07) is 5.07. The summed E-state index contributed by atoms with van der Waals surface area (Å²) in [5.41, 5.74) is 13.0. The fourth-order valence-corrected chi connectivity index (χ4v) is 2.69. The Balaban J connectivity index is 1.89. The molecule has 0 radical (unpaired) electrons. The second-order valence-corrected chi connectivity index (χ2v) is 5.62. The van der Waals surface area contributed by atoms with E-state index in [0.717, 1.165) is 19.6 Å². The molecule has 1 amide bonds. The quantitative estimate of drug-likeness (QED) is 0.727. The van der Waals surface area contributed by atoms with Gasteiger partial charge in [0.15, 0.2) is 0 Å². The highest BCUT2D eigenvalue weighted by atomic mass is 16.1. The molecule has 1 aromatic carbocycles. The normalized spacial score (nSPS) is 17.6. The molecule has 1 atom stereocenters. The minimum atomic E-state index is -0.117. The number of benzene rings is 1. The molecule has 1 aliphatic heterocycles. The molecule has 5 nitrogen and oxygen atoms in total. The molecule has 1 aliphatic rings. The van der Waals surface area contributed by atoms with Crippen LogP contribution in [0, 0.1) is 0 Å². The molecule has 0 saturated carbocycles. The van der Waals surface area contributed by atoms with Gasteiger partial charge in [-0.2, -0.15) is 0 Å². The van der Waals surface area contributed by atoms with Gasteiger partial charge in [-0.25, -0.2) is 0 Å². The van der Waals surface area contributed by atoms with E-state index >= 15 is 0 Å². The Labute approximate surface area is 120 Å². The summed E-state index contributed by atoms with van der Waals surface area (Å²) >= 11 is 0. The molecule has 0 spiro atoms. The van der Waals surface area contributed by atoms with Crippen LogP contribution in [-0.4, -0.2) is 36.5 Å². The van der Waals surface area contributed by atoms with Crippen molar-refractivity contribution in [3.8, 4) is 0 Å². The van der Waals surface area contributed by atoms with Crippen LogP contribution in [0.15, 0.2) is 18.2 Å². The predicted molar refractivity (Wildman–Crippen MR) is 82.5 cm³/mol. The van der Waals surface area contributed by atoms with Gasteiger partial charge in [-0.05, 0) is 51.1 Å². The van der Waals surface area contributed by atoms with Crippen LogP contribution in [0.4, 0.5) is 11.4 Å². The summed E-state index contributed by atoms with van der Waals surface area (Å²) in [4.78, 5) is 14.6. The highest BCUT2D eigenvalue weighted by molar-refractivity contribution is 5.96. The lowest BCUT2D eigenvalue weighted by Gasteiger charge is -2.29. The van der Waals surface area contributed by atoms with Gasteiger partial charge in [0.2, 0.25) is 0 Å². The van der Waals surface area contributed by atoms with Crippen LogP contribution < -0.4 is 16.8 Å². The van der Waals surface area contributed by atoms with Crippen LogP contribution in [0.25, 0.3) is 0 Å². The first-order valence-electron chi connectivity index (χ1n) is 7.24. The number of amides is 1. The molecule has 5 N–H and O–H groups in total. The molecule has 0 bridgehead atoms. The Hall–Kier alpha value is -1.75. The standard InChI is InChI=1S/C15H24N4O/c1-11(10-19-5-3-2-4-6-19)18-15(20)12-7-13(16)9-14(17)8-12/h7-9,11H,2-6,10,16-17H2,1H3,(H,18,20). The number of hydrogen-bond acceptors (Lipinski definition) is 4.